The van der Waals surface area contributed by atoms with Crippen molar-refractivity contribution in [1.29, 1.82) is 0 Å². The molecule has 1 aromatic carbocycles. The van der Waals surface area contributed by atoms with Crippen LogP contribution in [0.15, 0.2) is 29.3 Å². The SMILES string of the molecule is C[C@H]1c2cc3[nH]cnc3c(O)c2C(O)=C2C(=O)[C@]3(O)C(O)=C(C(N)=O)C(=O)[C@@H](N(C)C)[C@@H]3C[C@@H]21. The van der Waals surface area contributed by atoms with E-state index in [1.165, 1.54) is 11.2 Å². The van der Waals surface area contributed by atoms with Crippen molar-refractivity contribution in [3.05, 3.63) is 40.4 Å². The van der Waals surface area contributed by atoms with Gasteiger partial charge in [-0.2, -0.15) is 0 Å². The highest BCUT2D eigenvalue weighted by Gasteiger charge is 2.64. The number of nitrogens with two attached hydrogens (primary N) is 1. The smallest absolute Gasteiger partial charge is 0.255 e. The minimum Gasteiger partial charge on any atom is -0.508 e. The van der Waals surface area contributed by atoms with Crippen LogP contribution in [0.5, 0.6) is 5.75 Å². The van der Waals surface area contributed by atoms with E-state index in [-0.39, 0.29) is 28.8 Å². The van der Waals surface area contributed by atoms with Crippen molar-refractivity contribution in [3.63, 3.8) is 0 Å². The fourth-order valence-electron chi connectivity index (χ4n) is 6.00. The van der Waals surface area contributed by atoms with Crippen molar-refractivity contribution in [2.75, 3.05) is 14.1 Å². The molecule has 7 N–H and O–H groups in total. The van der Waals surface area contributed by atoms with Crippen molar-refractivity contribution in [1.82, 2.24) is 14.9 Å². The Bertz CT molecular complexity index is 1370. The second-order valence-corrected chi connectivity index (χ2v) is 9.44. The number of H-pyrrole nitrogens is 1. The zero-order valence-electron chi connectivity index (χ0n) is 18.7. The summed E-state index contributed by atoms with van der Waals surface area (Å²) in [5.41, 5.74) is 2.97. The molecule has 0 bridgehead atoms. The molecule has 34 heavy (non-hydrogen) atoms. The fourth-order valence-corrected chi connectivity index (χ4v) is 6.00. The van der Waals surface area contributed by atoms with E-state index in [0.717, 1.165) is 0 Å². The number of rotatable bonds is 2. The van der Waals surface area contributed by atoms with Gasteiger partial charge in [-0.15, -0.1) is 0 Å². The summed E-state index contributed by atoms with van der Waals surface area (Å²) in [6.07, 6.45) is 1.43. The zero-order valence-corrected chi connectivity index (χ0v) is 18.7. The molecule has 0 unspecified atom stereocenters. The first-order valence-corrected chi connectivity index (χ1v) is 10.8. The number of fused-ring (bicyclic) bond motifs is 4. The first-order chi connectivity index (χ1) is 15.9. The Labute approximate surface area is 193 Å². The van der Waals surface area contributed by atoms with Gasteiger partial charge in [0.05, 0.1) is 23.4 Å². The molecule has 0 radical (unpaired) electrons. The standard InChI is InChI=1S/C23H24N4O7/c1-7-8-4-10-16(27(2)3)19(30)14(22(24)33)21(32)23(10,34)20(31)13(8)17(28)12-9(7)5-11-15(18(12)29)26-6-25-11/h5-8,10,16,28-29,32,34H,4H2,1-3H3,(H2,24,33)(H,25,26)/t7-,8-,10+,16+,23+/m1/s1. The van der Waals surface area contributed by atoms with Gasteiger partial charge < -0.3 is 31.1 Å². The Morgan fingerprint density at radius 3 is 2.56 bits per heavy atom. The molecular formula is C23H24N4O7. The van der Waals surface area contributed by atoms with E-state index in [2.05, 4.69) is 9.97 Å². The molecule has 3 aliphatic carbocycles. The van der Waals surface area contributed by atoms with Gasteiger partial charge in [-0.3, -0.25) is 19.3 Å². The van der Waals surface area contributed by atoms with Crippen LogP contribution < -0.4 is 5.73 Å². The Balaban J connectivity index is 1.80. The van der Waals surface area contributed by atoms with Crippen LogP contribution in [0.1, 0.15) is 30.4 Å². The molecule has 1 saturated carbocycles. The van der Waals surface area contributed by atoms with Gasteiger partial charge in [0, 0.05) is 11.5 Å². The van der Waals surface area contributed by atoms with Crippen LogP contribution >= 0.6 is 0 Å². The van der Waals surface area contributed by atoms with E-state index < -0.39 is 64.0 Å². The molecule has 5 atom stereocenters. The largest absolute Gasteiger partial charge is 0.508 e. The number of phenols is 1. The Morgan fingerprint density at radius 1 is 1.26 bits per heavy atom. The number of carbonyl (C=O) groups excluding carboxylic acids is 3. The summed E-state index contributed by atoms with van der Waals surface area (Å²) in [7, 11) is 3.12. The fraction of sp³-hybridized carbons (Fsp3) is 0.391. The van der Waals surface area contributed by atoms with Gasteiger partial charge in [-0.25, -0.2) is 4.98 Å². The number of aliphatic hydroxyl groups is 3. The molecule has 0 aliphatic heterocycles. The minimum atomic E-state index is -2.66. The molecule has 5 rings (SSSR count). The van der Waals surface area contributed by atoms with Gasteiger partial charge in [0.15, 0.2) is 17.1 Å². The number of aromatic nitrogens is 2. The first kappa shape index (κ1) is 22.1. The maximum Gasteiger partial charge on any atom is 0.255 e. The van der Waals surface area contributed by atoms with E-state index in [1.54, 1.807) is 20.2 Å². The predicted molar refractivity (Wildman–Crippen MR) is 119 cm³/mol. The molecule has 1 amide bonds. The number of imidazole rings is 1. The van der Waals surface area contributed by atoms with Gasteiger partial charge in [0.1, 0.15) is 22.6 Å². The van der Waals surface area contributed by atoms with Crippen LogP contribution in [0.25, 0.3) is 16.8 Å². The summed E-state index contributed by atoms with van der Waals surface area (Å²) in [5, 5.41) is 44.5. The highest BCUT2D eigenvalue weighted by atomic mass is 16.3. The van der Waals surface area contributed by atoms with Gasteiger partial charge in [0.2, 0.25) is 5.78 Å². The third kappa shape index (κ3) is 2.48. The Hall–Kier alpha value is -3.70. The average Bonchev–Trinajstić information content (AvgIpc) is 3.23. The number of hydrogen-bond acceptors (Lipinski definition) is 9. The number of hydrogen-bond donors (Lipinski definition) is 6. The van der Waals surface area contributed by atoms with Crippen molar-refractivity contribution >= 4 is 34.3 Å². The monoisotopic (exact) mass is 468 g/mol. The first-order valence-electron chi connectivity index (χ1n) is 10.8. The maximum absolute atomic E-state index is 13.8. The van der Waals surface area contributed by atoms with Gasteiger partial charge in [-0.1, -0.05) is 6.92 Å². The third-order valence-electron chi connectivity index (χ3n) is 7.61. The summed E-state index contributed by atoms with van der Waals surface area (Å²) in [6.45, 7) is 1.81. The average molecular weight is 468 g/mol. The highest BCUT2D eigenvalue weighted by molar-refractivity contribution is 6.24. The summed E-state index contributed by atoms with van der Waals surface area (Å²) >= 11 is 0. The summed E-state index contributed by atoms with van der Waals surface area (Å²) in [4.78, 5) is 47.4. The number of ketones is 2. The number of aromatic amines is 1. The van der Waals surface area contributed by atoms with E-state index in [9.17, 15) is 34.8 Å². The summed E-state index contributed by atoms with van der Waals surface area (Å²) < 4.78 is 0. The second kappa shape index (κ2) is 6.90. The second-order valence-electron chi connectivity index (χ2n) is 9.44. The minimum absolute atomic E-state index is 0.0170. The lowest BCUT2D eigenvalue weighted by Gasteiger charge is -2.51. The number of nitrogens with one attached hydrogen (secondary N) is 1. The molecule has 11 heteroatoms. The molecule has 0 spiro atoms. The van der Waals surface area contributed by atoms with Crippen LogP contribution in [-0.2, 0) is 14.4 Å². The quantitative estimate of drug-likeness (QED) is 0.339. The molecule has 2 aromatic rings. The van der Waals surface area contributed by atoms with E-state index >= 15 is 0 Å². The van der Waals surface area contributed by atoms with Crippen LogP contribution in [0.3, 0.4) is 0 Å². The van der Waals surface area contributed by atoms with Gasteiger partial charge in [0.25, 0.3) is 5.91 Å². The topological polar surface area (TPSA) is 190 Å². The molecule has 1 aromatic heterocycles. The number of aliphatic hydroxyl groups excluding tert-OH is 2. The van der Waals surface area contributed by atoms with E-state index in [1.807, 2.05) is 6.92 Å². The predicted octanol–water partition coefficient (Wildman–Crippen LogP) is 0.401. The van der Waals surface area contributed by atoms with Crippen molar-refractivity contribution in [3.8, 4) is 5.75 Å². The number of likely N-dealkylation sites (N-methyl/N-ethyl adjacent to an activating group) is 1. The number of carbonyl (C=O) groups is 3. The lowest BCUT2D eigenvalue weighted by molar-refractivity contribution is -0.154. The highest BCUT2D eigenvalue weighted by Crippen LogP contribution is 2.56. The van der Waals surface area contributed by atoms with E-state index in [0.29, 0.717) is 11.1 Å². The van der Waals surface area contributed by atoms with Crippen molar-refractivity contribution < 1.29 is 34.8 Å². The van der Waals surface area contributed by atoms with Crippen LogP contribution in [0.4, 0.5) is 0 Å². The number of aromatic hydroxyl groups is 1. The van der Waals surface area contributed by atoms with Crippen molar-refractivity contribution in [2.45, 2.75) is 30.9 Å². The van der Waals surface area contributed by atoms with Gasteiger partial charge >= 0.3 is 0 Å². The number of nitrogens with zero attached hydrogens (tertiary/aromatic N) is 2. The van der Waals surface area contributed by atoms with Crippen LogP contribution in [0, 0.1) is 11.8 Å². The summed E-state index contributed by atoms with van der Waals surface area (Å²) in [6, 6.07) is 0.617. The lowest BCUT2D eigenvalue weighted by Crippen LogP contribution is -2.65. The van der Waals surface area contributed by atoms with Gasteiger partial charge in [-0.05, 0) is 44.0 Å². The number of phenolic OH excluding ortho intramolecular Hbond substituents is 1. The molecule has 11 nitrogen and oxygen atoms in total. The number of benzene rings is 1. The van der Waals surface area contributed by atoms with Crippen molar-refractivity contribution in [2.24, 2.45) is 17.6 Å². The molecule has 1 heterocycles. The number of Topliss-reactive ketones (excluding diaryl/α,β-unsaturated/α-hetero) is 2. The molecule has 3 aliphatic rings. The Morgan fingerprint density at radius 2 is 1.94 bits per heavy atom. The number of amides is 1. The Kier molecular flexibility index (Phi) is 4.49. The molecule has 178 valence electrons. The third-order valence-corrected chi connectivity index (χ3v) is 7.61. The zero-order chi connectivity index (χ0) is 24.9. The lowest BCUT2D eigenvalue weighted by atomic mass is 9.55. The summed E-state index contributed by atoms with van der Waals surface area (Å²) in [5.74, 6) is -7.22. The molecule has 0 saturated heterocycles. The van der Waals surface area contributed by atoms with Crippen LogP contribution in [0.2, 0.25) is 0 Å². The number of primary amides is 1. The molecular weight excluding hydrogens is 444 g/mol. The maximum atomic E-state index is 13.8. The normalized spacial score (nSPS) is 31.1. The van der Waals surface area contributed by atoms with Crippen LogP contribution in [-0.4, -0.2) is 78.5 Å². The van der Waals surface area contributed by atoms with E-state index in [4.69, 9.17) is 5.73 Å². The molecule has 1 fully saturated rings.